The number of nitrogens with one attached hydrogen (secondary N) is 2. The highest BCUT2D eigenvalue weighted by molar-refractivity contribution is 5.45. The van der Waals surface area contributed by atoms with Gasteiger partial charge in [-0.1, -0.05) is 0 Å². The number of aryl methyl sites for hydroxylation is 1. The normalized spacial score (nSPS) is 21.9. The van der Waals surface area contributed by atoms with Crippen molar-refractivity contribution in [2.75, 3.05) is 32.1 Å². The summed E-state index contributed by atoms with van der Waals surface area (Å²) in [6.07, 6.45) is 2.16. The van der Waals surface area contributed by atoms with Crippen molar-refractivity contribution in [3.63, 3.8) is 0 Å². The minimum absolute atomic E-state index is 0.0427. The first-order valence-electron chi connectivity index (χ1n) is 6.66. The SMILES string of the molecule is COCC1(CNc2ccc([N+](=O)[O-])c(C)n2)CCCN1. The molecule has 1 aromatic heterocycles. The molecule has 110 valence electrons. The highest BCUT2D eigenvalue weighted by Gasteiger charge is 2.33. The van der Waals surface area contributed by atoms with E-state index in [0.717, 1.165) is 19.4 Å². The number of nitro groups is 1. The van der Waals surface area contributed by atoms with E-state index in [0.29, 0.717) is 24.7 Å². The van der Waals surface area contributed by atoms with E-state index in [9.17, 15) is 10.1 Å². The van der Waals surface area contributed by atoms with Crippen LogP contribution in [-0.4, -0.2) is 42.3 Å². The summed E-state index contributed by atoms with van der Waals surface area (Å²) in [6, 6.07) is 3.12. The summed E-state index contributed by atoms with van der Waals surface area (Å²) in [6.45, 7) is 3.94. The summed E-state index contributed by atoms with van der Waals surface area (Å²) in [5, 5.41) is 17.5. The largest absolute Gasteiger partial charge is 0.383 e. The molecule has 0 radical (unpaired) electrons. The van der Waals surface area contributed by atoms with Gasteiger partial charge in [-0.2, -0.15) is 0 Å². The lowest BCUT2D eigenvalue weighted by Gasteiger charge is -2.29. The Bertz CT molecular complexity index is 487. The first-order valence-corrected chi connectivity index (χ1v) is 6.66. The number of hydrogen-bond acceptors (Lipinski definition) is 6. The maximum absolute atomic E-state index is 10.8. The number of pyridine rings is 1. The molecule has 1 unspecified atom stereocenters. The third kappa shape index (κ3) is 3.23. The maximum atomic E-state index is 10.8. The van der Waals surface area contributed by atoms with Gasteiger partial charge in [0, 0.05) is 19.7 Å². The summed E-state index contributed by atoms with van der Waals surface area (Å²) in [7, 11) is 1.69. The second-order valence-electron chi connectivity index (χ2n) is 5.16. The third-order valence-electron chi connectivity index (χ3n) is 3.62. The number of ether oxygens (including phenoxy) is 1. The van der Waals surface area contributed by atoms with Crippen LogP contribution in [0.3, 0.4) is 0 Å². The Hall–Kier alpha value is -1.73. The fourth-order valence-corrected chi connectivity index (χ4v) is 2.57. The molecule has 7 heteroatoms. The lowest BCUT2D eigenvalue weighted by atomic mass is 9.99. The second kappa shape index (κ2) is 6.15. The molecule has 0 aliphatic carbocycles. The standard InChI is InChI=1S/C13H20N4O3/c1-10-11(17(18)19)4-5-12(16-10)14-8-13(9-20-2)6-3-7-15-13/h4-5,15H,3,6-9H2,1-2H3,(H,14,16). The van der Waals surface area contributed by atoms with Gasteiger partial charge in [0.05, 0.1) is 17.1 Å². The topological polar surface area (TPSA) is 89.3 Å². The third-order valence-corrected chi connectivity index (χ3v) is 3.62. The molecular formula is C13H20N4O3. The highest BCUT2D eigenvalue weighted by atomic mass is 16.6. The van der Waals surface area contributed by atoms with Crippen LogP contribution in [0, 0.1) is 17.0 Å². The van der Waals surface area contributed by atoms with Crippen molar-refractivity contribution in [2.24, 2.45) is 0 Å². The van der Waals surface area contributed by atoms with E-state index in [2.05, 4.69) is 15.6 Å². The van der Waals surface area contributed by atoms with E-state index in [-0.39, 0.29) is 11.2 Å². The summed E-state index contributed by atoms with van der Waals surface area (Å²) in [5.74, 6) is 0.650. The number of rotatable bonds is 6. The monoisotopic (exact) mass is 280 g/mol. The zero-order valence-electron chi connectivity index (χ0n) is 11.8. The number of aromatic nitrogens is 1. The van der Waals surface area contributed by atoms with Crippen LogP contribution in [0.4, 0.5) is 11.5 Å². The number of nitrogens with zero attached hydrogens (tertiary/aromatic N) is 2. The molecule has 0 bridgehead atoms. The Morgan fingerprint density at radius 3 is 2.95 bits per heavy atom. The molecule has 1 aliphatic heterocycles. The maximum Gasteiger partial charge on any atom is 0.290 e. The molecule has 0 saturated carbocycles. The van der Waals surface area contributed by atoms with Crippen LogP contribution in [-0.2, 0) is 4.74 Å². The zero-order valence-corrected chi connectivity index (χ0v) is 11.8. The Balaban J connectivity index is 2.03. The number of anilines is 1. The molecule has 1 saturated heterocycles. The van der Waals surface area contributed by atoms with Crippen LogP contribution in [0.5, 0.6) is 0 Å². The molecule has 1 fully saturated rings. The molecule has 0 spiro atoms. The van der Waals surface area contributed by atoms with E-state index in [1.54, 1.807) is 20.1 Å². The van der Waals surface area contributed by atoms with Gasteiger partial charge in [-0.25, -0.2) is 4.98 Å². The molecule has 0 aromatic carbocycles. The zero-order chi connectivity index (χ0) is 14.6. The van der Waals surface area contributed by atoms with E-state index >= 15 is 0 Å². The minimum atomic E-state index is -0.420. The summed E-state index contributed by atoms with van der Waals surface area (Å²) >= 11 is 0. The van der Waals surface area contributed by atoms with Crippen molar-refractivity contribution in [3.8, 4) is 0 Å². The molecule has 0 amide bonds. The Morgan fingerprint density at radius 1 is 1.60 bits per heavy atom. The molecule has 2 rings (SSSR count). The van der Waals surface area contributed by atoms with E-state index in [1.807, 2.05) is 0 Å². The predicted molar refractivity (Wildman–Crippen MR) is 76.0 cm³/mol. The van der Waals surface area contributed by atoms with Crippen molar-refractivity contribution in [1.82, 2.24) is 10.3 Å². The Labute approximate surface area is 117 Å². The van der Waals surface area contributed by atoms with Gasteiger partial charge in [-0.05, 0) is 32.4 Å². The molecule has 1 aromatic rings. The van der Waals surface area contributed by atoms with Gasteiger partial charge in [0.25, 0.3) is 5.69 Å². The van der Waals surface area contributed by atoms with Gasteiger partial charge in [-0.15, -0.1) is 0 Å². The van der Waals surface area contributed by atoms with E-state index in [1.165, 1.54) is 6.07 Å². The van der Waals surface area contributed by atoms with Crippen LogP contribution in [0.15, 0.2) is 12.1 Å². The van der Waals surface area contributed by atoms with Gasteiger partial charge in [0.2, 0.25) is 0 Å². The second-order valence-corrected chi connectivity index (χ2v) is 5.16. The fraction of sp³-hybridized carbons (Fsp3) is 0.615. The molecule has 2 heterocycles. The van der Waals surface area contributed by atoms with E-state index in [4.69, 9.17) is 4.74 Å². The van der Waals surface area contributed by atoms with Crippen LogP contribution in [0.25, 0.3) is 0 Å². The van der Waals surface area contributed by atoms with Crippen LogP contribution >= 0.6 is 0 Å². The van der Waals surface area contributed by atoms with Crippen molar-refractivity contribution < 1.29 is 9.66 Å². The smallest absolute Gasteiger partial charge is 0.290 e. The number of methoxy groups -OCH3 is 1. The van der Waals surface area contributed by atoms with Gasteiger partial charge in [-0.3, -0.25) is 10.1 Å². The van der Waals surface area contributed by atoms with Crippen LogP contribution in [0.2, 0.25) is 0 Å². The van der Waals surface area contributed by atoms with Crippen LogP contribution < -0.4 is 10.6 Å². The van der Waals surface area contributed by atoms with Crippen molar-refractivity contribution >= 4 is 11.5 Å². The molecule has 7 nitrogen and oxygen atoms in total. The average molecular weight is 280 g/mol. The van der Waals surface area contributed by atoms with Crippen LogP contribution in [0.1, 0.15) is 18.5 Å². The Morgan fingerprint density at radius 2 is 2.40 bits per heavy atom. The number of hydrogen-bond donors (Lipinski definition) is 2. The van der Waals surface area contributed by atoms with Gasteiger partial charge >= 0.3 is 0 Å². The van der Waals surface area contributed by atoms with Gasteiger partial charge in [0.1, 0.15) is 11.5 Å². The lowest BCUT2D eigenvalue weighted by Crippen LogP contribution is -2.49. The van der Waals surface area contributed by atoms with Gasteiger partial charge in [0.15, 0.2) is 0 Å². The molecule has 20 heavy (non-hydrogen) atoms. The molecular weight excluding hydrogens is 260 g/mol. The summed E-state index contributed by atoms with van der Waals surface area (Å²) < 4.78 is 5.28. The fourth-order valence-electron chi connectivity index (χ4n) is 2.57. The Kier molecular flexibility index (Phi) is 4.51. The van der Waals surface area contributed by atoms with E-state index < -0.39 is 4.92 Å². The lowest BCUT2D eigenvalue weighted by molar-refractivity contribution is -0.385. The first-order chi connectivity index (χ1) is 9.56. The molecule has 1 aliphatic rings. The average Bonchev–Trinajstić information content (AvgIpc) is 2.85. The molecule has 1 atom stereocenters. The minimum Gasteiger partial charge on any atom is -0.383 e. The highest BCUT2D eigenvalue weighted by Crippen LogP contribution is 2.22. The first kappa shape index (κ1) is 14.7. The molecule has 2 N–H and O–H groups in total. The van der Waals surface area contributed by atoms with Crippen molar-refractivity contribution in [1.29, 1.82) is 0 Å². The van der Waals surface area contributed by atoms with Gasteiger partial charge < -0.3 is 15.4 Å². The summed E-state index contributed by atoms with van der Waals surface area (Å²) in [5.41, 5.74) is 0.382. The van der Waals surface area contributed by atoms with Crippen molar-refractivity contribution in [3.05, 3.63) is 27.9 Å². The summed E-state index contributed by atoms with van der Waals surface area (Å²) in [4.78, 5) is 14.6. The predicted octanol–water partition coefficient (Wildman–Crippen LogP) is 1.48. The van der Waals surface area contributed by atoms with Crippen molar-refractivity contribution in [2.45, 2.75) is 25.3 Å². The quantitative estimate of drug-likeness (QED) is 0.606.